The van der Waals surface area contributed by atoms with Gasteiger partial charge >= 0.3 is 11.8 Å². The number of fused-ring (bicyclic) bond motifs is 1. The van der Waals surface area contributed by atoms with E-state index in [2.05, 4.69) is 15.6 Å². The Labute approximate surface area is 162 Å². The zero-order chi connectivity index (χ0) is 20.1. The summed E-state index contributed by atoms with van der Waals surface area (Å²) in [5, 5.41) is 6.18. The molecule has 1 aromatic heterocycles. The average molecular weight is 379 g/mol. The van der Waals surface area contributed by atoms with Gasteiger partial charge in [-0.1, -0.05) is 24.3 Å². The van der Waals surface area contributed by atoms with Gasteiger partial charge < -0.3 is 20.1 Å². The van der Waals surface area contributed by atoms with Crippen LogP contribution in [0.25, 0.3) is 10.9 Å². The zero-order valence-electron chi connectivity index (χ0n) is 15.9. The smallest absolute Gasteiger partial charge is 0.313 e. The Morgan fingerprint density at radius 2 is 1.71 bits per heavy atom. The average Bonchev–Trinajstić information content (AvgIpc) is 2.73. The van der Waals surface area contributed by atoms with E-state index in [0.29, 0.717) is 22.7 Å². The van der Waals surface area contributed by atoms with Crippen molar-refractivity contribution in [2.45, 2.75) is 13.0 Å². The molecule has 1 heterocycles. The predicted molar refractivity (Wildman–Crippen MR) is 106 cm³/mol. The van der Waals surface area contributed by atoms with Gasteiger partial charge in [0, 0.05) is 11.6 Å². The summed E-state index contributed by atoms with van der Waals surface area (Å²) in [7, 11) is 3.09. The summed E-state index contributed by atoms with van der Waals surface area (Å²) >= 11 is 0. The number of para-hydroxylation sites is 1. The van der Waals surface area contributed by atoms with Crippen molar-refractivity contribution >= 4 is 28.4 Å². The molecule has 0 aliphatic carbocycles. The van der Waals surface area contributed by atoms with Crippen molar-refractivity contribution in [2.24, 2.45) is 0 Å². The molecule has 7 nitrogen and oxygen atoms in total. The molecule has 0 spiro atoms. The normalized spacial score (nSPS) is 11.5. The molecule has 1 unspecified atom stereocenters. The van der Waals surface area contributed by atoms with Gasteiger partial charge in [0.25, 0.3) is 0 Å². The fourth-order valence-electron chi connectivity index (χ4n) is 2.85. The minimum atomic E-state index is -0.759. The number of rotatable bonds is 5. The molecule has 2 N–H and O–H groups in total. The summed E-state index contributed by atoms with van der Waals surface area (Å²) in [6.45, 7) is 1.78. The number of methoxy groups -OCH3 is 2. The number of pyridine rings is 1. The van der Waals surface area contributed by atoms with Crippen LogP contribution in [-0.4, -0.2) is 31.0 Å². The molecule has 0 aliphatic rings. The number of aromatic nitrogens is 1. The van der Waals surface area contributed by atoms with Crippen LogP contribution in [0.3, 0.4) is 0 Å². The minimum absolute atomic E-state index is 0.399. The second-order valence-corrected chi connectivity index (χ2v) is 6.14. The molecular weight excluding hydrogens is 358 g/mol. The van der Waals surface area contributed by atoms with Gasteiger partial charge in [-0.25, -0.2) is 0 Å². The topological polar surface area (TPSA) is 89.5 Å². The maximum atomic E-state index is 12.4. The van der Waals surface area contributed by atoms with Gasteiger partial charge in [-0.2, -0.15) is 0 Å². The van der Waals surface area contributed by atoms with Crippen LogP contribution >= 0.6 is 0 Å². The Kier molecular flexibility index (Phi) is 5.74. The molecule has 3 aromatic rings. The number of carbonyl (C=O) groups is 2. The highest BCUT2D eigenvalue weighted by Gasteiger charge is 2.19. The number of benzene rings is 2. The highest BCUT2D eigenvalue weighted by molar-refractivity contribution is 6.40. The maximum absolute atomic E-state index is 12.4. The number of nitrogens with one attached hydrogen (secondary N) is 2. The number of hydrogen-bond donors (Lipinski definition) is 2. The van der Waals surface area contributed by atoms with Crippen LogP contribution in [0.5, 0.6) is 11.5 Å². The second kappa shape index (κ2) is 8.39. The first-order chi connectivity index (χ1) is 13.5. The SMILES string of the molecule is COc1ccc(C(C)NC(=O)C(=O)Nc2cccc3cccnc23)cc1OC. The molecule has 0 aliphatic heterocycles. The van der Waals surface area contributed by atoms with Crippen molar-refractivity contribution in [3.63, 3.8) is 0 Å². The van der Waals surface area contributed by atoms with Crippen molar-refractivity contribution in [3.05, 3.63) is 60.3 Å². The largest absolute Gasteiger partial charge is 0.493 e. The van der Waals surface area contributed by atoms with Gasteiger partial charge in [-0.05, 0) is 36.8 Å². The van der Waals surface area contributed by atoms with Crippen molar-refractivity contribution in [1.29, 1.82) is 0 Å². The summed E-state index contributed by atoms with van der Waals surface area (Å²) in [5.41, 5.74) is 1.89. The second-order valence-electron chi connectivity index (χ2n) is 6.14. The highest BCUT2D eigenvalue weighted by Crippen LogP contribution is 2.29. The Hall–Kier alpha value is -3.61. The lowest BCUT2D eigenvalue weighted by atomic mass is 10.1. The fourth-order valence-corrected chi connectivity index (χ4v) is 2.85. The predicted octanol–water partition coefficient (Wildman–Crippen LogP) is 3.07. The van der Waals surface area contributed by atoms with Crippen molar-refractivity contribution in [3.8, 4) is 11.5 Å². The maximum Gasteiger partial charge on any atom is 0.313 e. The lowest BCUT2D eigenvalue weighted by Crippen LogP contribution is -2.37. The highest BCUT2D eigenvalue weighted by atomic mass is 16.5. The number of carbonyl (C=O) groups excluding carboxylic acids is 2. The third-order valence-corrected chi connectivity index (χ3v) is 4.34. The summed E-state index contributed by atoms with van der Waals surface area (Å²) in [6, 6.07) is 14.0. The minimum Gasteiger partial charge on any atom is -0.493 e. The van der Waals surface area contributed by atoms with Gasteiger partial charge in [0.2, 0.25) is 0 Å². The first kappa shape index (κ1) is 19.2. The molecule has 0 bridgehead atoms. The van der Waals surface area contributed by atoms with E-state index in [1.165, 1.54) is 7.11 Å². The van der Waals surface area contributed by atoms with Crippen molar-refractivity contribution in [2.75, 3.05) is 19.5 Å². The van der Waals surface area contributed by atoms with Gasteiger partial charge in [0.15, 0.2) is 11.5 Å². The Bertz CT molecular complexity index is 1010. The van der Waals surface area contributed by atoms with Crippen LogP contribution in [0.2, 0.25) is 0 Å². The van der Waals surface area contributed by atoms with E-state index in [9.17, 15) is 9.59 Å². The number of nitrogens with zero attached hydrogens (tertiary/aromatic N) is 1. The van der Waals surface area contributed by atoms with Crippen LogP contribution in [0, 0.1) is 0 Å². The third kappa shape index (κ3) is 4.03. The first-order valence-electron chi connectivity index (χ1n) is 8.71. The molecule has 0 saturated heterocycles. The van der Waals surface area contributed by atoms with Gasteiger partial charge in [-0.3, -0.25) is 14.6 Å². The Morgan fingerprint density at radius 3 is 2.46 bits per heavy atom. The molecule has 144 valence electrons. The molecule has 7 heteroatoms. The van der Waals surface area contributed by atoms with Gasteiger partial charge in [0.1, 0.15) is 0 Å². The molecule has 1 atom stereocenters. The molecule has 0 radical (unpaired) electrons. The van der Waals surface area contributed by atoms with Crippen LogP contribution in [0.1, 0.15) is 18.5 Å². The van der Waals surface area contributed by atoms with Crippen molar-refractivity contribution in [1.82, 2.24) is 10.3 Å². The van der Waals surface area contributed by atoms with E-state index >= 15 is 0 Å². The van der Waals surface area contributed by atoms with E-state index in [0.717, 1.165) is 10.9 Å². The molecule has 2 amide bonds. The van der Waals surface area contributed by atoms with Gasteiger partial charge in [-0.15, -0.1) is 0 Å². The number of ether oxygens (including phenoxy) is 2. The van der Waals surface area contributed by atoms with E-state index in [-0.39, 0.29) is 0 Å². The summed E-state index contributed by atoms with van der Waals surface area (Å²) < 4.78 is 10.5. The third-order valence-electron chi connectivity index (χ3n) is 4.34. The lowest BCUT2D eigenvalue weighted by Gasteiger charge is -2.16. The van der Waals surface area contributed by atoms with E-state index < -0.39 is 17.9 Å². The monoisotopic (exact) mass is 379 g/mol. The summed E-state index contributed by atoms with van der Waals surface area (Å²) in [6.07, 6.45) is 1.64. The molecular formula is C21H21N3O4. The van der Waals surface area contributed by atoms with Crippen LogP contribution < -0.4 is 20.1 Å². The Morgan fingerprint density at radius 1 is 0.964 bits per heavy atom. The molecule has 2 aromatic carbocycles. The molecule has 28 heavy (non-hydrogen) atoms. The molecule has 0 saturated carbocycles. The van der Waals surface area contributed by atoms with Crippen LogP contribution in [0.15, 0.2) is 54.7 Å². The summed E-state index contributed by atoms with van der Waals surface area (Å²) in [4.78, 5) is 29.0. The van der Waals surface area contributed by atoms with Crippen LogP contribution in [0.4, 0.5) is 5.69 Å². The number of hydrogen-bond acceptors (Lipinski definition) is 5. The number of amides is 2. The quantitative estimate of drug-likeness (QED) is 0.665. The molecule has 3 rings (SSSR count). The Balaban J connectivity index is 1.71. The fraction of sp³-hybridized carbons (Fsp3) is 0.190. The zero-order valence-corrected chi connectivity index (χ0v) is 15.9. The summed E-state index contributed by atoms with van der Waals surface area (Å²) in [5.74, 6) is -0.362. The van der Waals surface area contributed by atoms with Crippen molar-refractivity contribution < 1.29 is 19.1 Å². The first-order valence-corrected chi connectivity index (χ1v) is 8.71. The van der Waals surface area contributed by atoms with E-state index in [4.69, 9.17) is 9.47 Å². The number of anilines is 1. The van der Waals surface area contributed by atoms with Gasteiger partial charge in [0.05, 0.1) is 31.5 Å². The molecule has 0 fully saturated rings. The lowest BCUT2D eigenvalue weighted by molar-refractivity contribution is -0.136. The standard InChI is InChI=1S/C21H21N3O4/c1-13(15-9-10-17(27-2)18(12-15)28-3)23-20(25)21(26)24-16-8-4-6-14-7-5-11-22-19(14)16/h4-13H,1-3H3,(H,23,25)(H,24,26). The van der Waals surface area contributed by atoms with E-state index in [1.807, 2.05) is 18.2 Å². The van der Waals surface area contributed by atoms with E-state index in [1.54, 1.807) is 50.6 Å². The van der Waals surface area contributed by atoms with Crippen LogP contribution in [-0.2, 0) is 9.59 Å².